The van der Waals surface area contributed by atoms with Gasteiger partial charge in [-0.25, -0.2) is 0 Å². The number of piperazine rings is 1. The highest BCUT2D eigenvalue weighted by Gasteiger charge is 2.33. The van der Waals surface area contributed by atoms with Crippen LogP contribution in [0.2, 0.25) is 0 Å². The minimum atomic E-state index is -0.798. The van der Waals surface area contributed by atoms with Gasteiger partial charge < -0.3 is 19.7 Å². The van der Waals surface area contributed by atoms with E-state index in [9.17, 15) is 9.90 Å². The Hall–Kier alpha value is -2.45. The summed E-state index contributed by atoms with van der Waals surface area (Å²) >= 11 is 0. The lowest BCUT2D eigenvalue weighted by Gasteiger charge is -2.41. The van der Waals surface area contributed by atoms with Crippen LogP contribution in [0, 0.1) is 19.8 Å². The first-order valence-electron chi connectivity index (χ1n) is 11.7. The normalized spacial score (nSPS) is 21.2. The van der Waals surface area contributed by atoms with Crippen LogP contribution in [-0.4, -0.2) is 56.7 Å². The average molecular weight is 442 g/mol. The van der Waals surface area contributed by atoms with Gasteiger partial charge in [0.2, 0.25) is 11.8 Å². The van der Waals surface area contributed by atoms with Gasteiger partial charge in [0.15, 0.2) is 0 Å². The van der Waals surface area contributed by atoms with Crippen LogP contribution in [0.1, 0.15) is 68.2 Å². The minimum absolute atomic E-state index is 0.192. The summed E-state index contributed by atoms with van der Waals surface area (Å²) in [7, 11) is 0. The van der Waals surface area contributed by atoms with E-state index in [1.165, 1.54) is 18.4 Å². The number of benzene rings is 1. The van der Waals surface area contributed by atoms with E-state index >= 15 is 0 Å². The summed E-state index contributed by atoms with van der Waals surface area (Å²) in [6.45, 7) is 11.3. The summed E-state index contributed by atoms with van der Waals surface area (Å²) in [4.78, 5) is 17.4. The lowest BCUT2D eigenvalue weighted by molar-refractivity contribution is -0.140. The third-order valence-corrected chi connectivity index (χ3v) is 6.79. The molecule has 2 aromatic rings. The maximum Gasteiger partial charge on any atom is 0.320 e. The Morgan fingerprint density at radius 1 is 1.25 bits per heavy atom. The molecule has 32 heavy (non-hydrogen) atoms. The largest absolute Gasteiger partial charge is 0.405 e. The summed E-state index contributed by atoms with van der Waals surface area (Å²) in [5.74, 6) is 0.803. The van der Waals surface area contributed by atoms with E-state index in [1.807, 2.05) is 0 Å². The Morgan fingerprint density at radius 2 is 2.00 bits per heavy atom. The first-order valence-corrected chi connectivity index (χ1v) is 11.7. The molecule has 8 heteroatoms. The van der Waals surface area contributed by atoms with E-state index in [4.69, 9.17) is 4.42 Å². The third-order valence-electron chi connectivity index (χ3n) is 6.79. The number of carbonyl (C=O) groups is 1. The summed E-state index contributed by atoms with van der Waals surface area (Å²) in [6, 6.07) is 4.78. The maximum absolute atomic E-state index is 12.9. The summed E-state index contributed by atoms with van der Waals surface area (Å²) in [6.07, 6.45) is 3.70. The van der Waals surface area contributed by atoms with Crippen molar-refractivity contribution < 1.29 is 14.3 Å². The SMILES string of the molecule is Cc1cc(CN2CCN(C(=O)C3CCCC3)[C@@H](C)C2)c(C)c(Nc2nnc([C@@H](C)O)o2)c1. The molecule has 1 aliphatic heterocycles. The van der Waals surface area contributed by atoms with Gasteiger partial charge in [-0.1, -0.05) is 24.0 Å². The summed E-state index contributed by atoms with van der Waals surface area (Å²) < 4.78 is 5.49. The molecule has 8 nitrogen and oxygen atoms in total. The van der Waals surface area contributed by atoms with Crippen molar-refractivity contribution in [1.82, 2.24) is 20.0 Å². The van der Waals surface area contributed by atoms with Crippen molar-refractivity contribution in [1.29, 1.82) is 0 Å². The van der Waals surface area contributed by atoms with Crippen molar-refractivity contribution in [2.24, 2.45) is 5.92 Å². The fourth-order valence-electron chi connectivity index (χ4n) is 4.95. The molecule has 1 aromatic heterocycles. The average Bonchev–Trinajstić information content (AvgIpc) is 3.43. The van der Waals surface area contributed by atoms with E-state index in [0.29, 0.717) is 5.91 Å². The Kier molecular flexibility index (Phi) is 6.81. The van der Waals surface area contributed by atoms with Crippen LogP contribution >= 0.6 is 0 Å². The number of amides is 1. The van der Waals surface area contributed by atoms with Gasteiger partial charge in [-0.3, -0.25) is 9.69 Å². The number of carbonyl (C=O) groups excluding carboxylic acids is 1. The van der Waals surface area contributed by atoms with E-state index in [-0.39, 0.29) is 23.9 Å². The van der Waals surface area contributed by atoms with Crippen molar-refractivity contribution in [2.75, 3.05) is 25.0 Å². The van der Waals surface area contributed by atoms with E-state index in [2.05, 4.69) is 58.2 Å². The zero-order valence-electron chi connectivity index (χ0n) is 19.6. The molecule has 174 valence electrons. The number of rotatable bonds is 6. The number of hydrogen-bond donors (Lipinski definition) is 2. The maximum atomic E-state index is 12.9. The van der Waals surface area contributed by atoms with Crippen molar-refractivity contribution in [2.45, 2.75) is 72.1 Å². The molecular formula is C24H35N5O3. The Morgan fingerprint density at radius 3 is 2.66 bits per heavy atom. The van der Waals surface area contributed by atoms with Gasteiger partial charge in [0.05, 0.1) is 0 Å². The second kappa shape index (κ2) is 9.58. The van der Waals surface area contributed by atoms with Gasteiger partial charge >= 0.3 is 6.01 Å². The van der Waals surface area contributed by atoms with E-state index in [0.717, 1.165) is 55.8 Å². The topological polar surface area (TPSA) is 94.7 Å². The molecule has 1 aromatic carbocycles. The smallest absolute Gasteiger partial charge is 0.320 e. The molecule has 4 rings (SSSR count). The number of anilines is 2. The Labute approximate surface area is 190 Å². The minimum Gasteiger partial charge on any atom is -0.405 e. The molecular weight excluding hydrogens is 406 g/mol. The molecule has 2 fully saturated rings. The third kappa shape index (κ3) is 4.96. The van der Waals surface area contributed by atoms with Gasteiger partial charge in [0.1, 0.15) is 6.10 Å². The molecule has 0 radical (unpaired) electrons. The fourth-order valence-corrected chi connectivity index (χ4v) is 4.95. The molecule has 2 heterocycles. The molecule has 0 spiro atoms. The summed E-state index contributed by atoms with van der Waals surface area (Å²) in [5.41, 5.74) is 4.44. The first-order chi connectivity index (χ1) is 15.3. The van der Waals surface area contributed by atoms with Gasteiger partial charge in [-0.05, 0) is 63.3 Å². The zero-order valence-corrected chi connectivity index (χ0v) is 19.6. The molecule has 2 atom stereocenters. The number of nitrogens with zero attached hydrogens (tertiary/aromatic N) is 4. The highest BCUT2D eigenvalue weighted by Crippen LogP contribution is 2.29. The molecule has 2 aliphatic rings. The zero-order chi connectivity index (χ0) is 22.8. The first kappa shape index (κ1) is 22.7. The van der Waals surface area contributed by atoms with Crippen molar-refractivity contribution >= 4 is 17.6 Å². The van der Waals surface area contributed by atoms with Gasteiger partial charge in [0, 0.05) is 43.8 Å². The highest BCUT2D eigenvalue weighted by molar-refractivity contribution is 5.79. The van der Waals surface area contributed by atoms with Crippen LogP contribution in [0.15, 0.2) is 16.5 Å². The lowest BCUT2D eigenvalue weighted by Crippen LogP contribution is -2.54. The number of aromatic nitrogens is 2. The molecule has 2 N–H and O–H groups in total. The van der Waals surface area contributed by atoms with E-state index in [1.54, 1.807) is 6.92 Å². The van der Waals surface area contributed by atoms with Crippen molar-refractivity contribution in [3.63, 3.8) is 0 Å². The van der Waals surface area contributed by atoms with Crippen LogP contribution in [-0.2, 0) is 11.3 Å². The molecule has 1 saturated carbocycles. The van der Waals surface area contributed by atoms with Crippen LogP contribution in [0.3, 0.4) is 0 Å². The number of aliphatic hydroxyl groups excluding tert-OH is 1. The van der Waals surface area contributed by atoms with Crippen LogP contribution in [0.5, 0.6) is 0 Å². The van der Waals surface area contributed by atoms with Crippen molar-refractivity contribution in [3.05, 3.63) is 34.7 Å². The quantitative estimate of drug-likeness (QED) is 0.706. The predicted octanol–water partition coefficient (Wildman–Crippen LogP) is 3.71. The number of nitrogens with one attached hydrogen (secondary N) is 1. The van der Waals surface area contributed by atoms with Crippen molar-refractivity contribution in [3.8, 4) is 0 Å². The van der Waals surface area contributed by atoms with Crippen LogP contribution < -0.4 is 5.32 Å². The summed E-state index contributed by atoms with van der Waals surface area (Å²) in [5, 5.41) is 20.7. The molecule has 1 aliphatic carbocycles. The standard InChI is InChI=1S/C24H35N5O3/c1-15-11-20(17(3)21(12-15)25-24-27-26-22(32-24)18(4)30)14-28-9-10-29(16(2)13-28)23(31)19-7-5-6-8-19/h11-12,16,18-19,30H,5-10,13-14H2,1-4H3,(H,25,27)/t16-,18+/m0/s1. The Balaban J connectivity index is 1.42. The van der Waals surface area contributed by atoms with Crippen LogP contribution in [0.4, 0.5) is 11.7 Å². The molecule has 0 bridgehead atoms. The van der Waals surface area contributed by atoms with Gasteiger partial charge in [0.25, 0.3) is 0 Å². The van der Waals surface area contributed by atoms with E-state index < -0.39 is 6.10 Å². The van der Waals surface area contributed by atoms with Gasteiger partial charge in [-0.2, -0.15) is 0 Å². The van der Waals surface area contributed by atoms with Crippen LogP contribution in [0.25, 0.3) is 0 Å². The lowest BCUT2D eigenvalue weighted by atomic mass is 10.0. The second-order valence-corrected chi connectivity index (χ2v) is 9.44. The second-order valence-electron chi connectivity index (χ2n) is 9.44. The number of aliphatic hydroxyl groups is 1. The molecule has 0 unspecified atom stereocenters. The monoisotopic (exact) mass is 441 g/mol. The predicted molar refractivity (Wildman–Crippen MR) is 123 cm³/mol. The van der Waals surface area contributed by atoms with Gasteiger partial charge in [-0.15, -0.1) is 5.10 Å². The highest BCUT2D eigenvalue weighted by atomic mass is 16.4. The molecule has 1 amide bonds. The Bertz CT molecular complexity index is 951. The molecule has 1 saturated heterocycles. The fraction of sp³-hybridized carbons (Fsp3) is 0.625. The number of aryl methyl sites for hydroxylation is 1. The number of hydrogen-bond acceptors (Lipinski definition) is 7.